The fraction of sp³-hybridized carbons (Fsp3) is 0.269. The van der Waals surface area contributed by atoms with Gasteiger partial charge in [-0.05, 0) is 61.7 Å². The lowest BCUT2D eigenvalue weighted by Crippen LogP contribution is -2.48. The number of benzene rings is 3. The van der Waals surface area contributed by atoms with Crippen LogP contribution < -0.4 is 19.5 Å². The van der Waals surface area contributed by atoms with Gasteiger partial charge in [-0.25, -0.2) is 8.42 Å². The Morgan fingerprint density at radius 1 is 1.03 bits per heavy atom. The van der Waals surface area contributed by atoms with Gasteiger partial charge in [-0.1, -0.05) is 54.1 Å². The number of rotatable bonds is 11. The number of sulfonamides is 1. The third kappa shape index (κ3) is 7.21. The van der Waals surface area contributed by atoms with Gasteiger partial charge < -0.3 is 14.8 Å². The molecule has 3 rings (SSSR count). The molecule has 0 saturated carbocycles. The van der Waals surface area contributed by atoms with Crippen molar-refractivity contribution in [3.05, 3.63) is 88.9 Å². The van der Waals surface area contributed by atoms with Crippen molar-refractivity contribution in [2.45, 2.75) is 37.2 Å². The highest BCUT2D eigenvalue weighted by molar-refractivity contribution is 7.89. The van der Waals surface area contributed by atoms with E-state index in [0.29, 0.717) is 18.1 Å². The summed E-state index contributed by atoms with van der Waals surface area (Å²) >= 11 is 6.20. The molecule has 0 unspecified atom stereocenters. The first-order chi connectivity index (χ1) is 16.7. The molecular formula is C26H29ClN2O5S. The molecule has 2 N–H and O–H groups in total. The molecule has 3 aromatic rings. The number of carbonyl (C=O) groups excluding carboxylic acids is 1. The lowest BCUT2D eigenvalue weighted by molar-refractivity contribution is -0.123. The largest absolute Gasteiger partial charge is 0.497 e. The van der Waals surface area contributed by atoms with Crippen molar-refractivity contribution in [2.75, 3.05) is 13.7 Å². The maximum atomic E-state index is 13.3. The van der Waals surface area contributed by atoms with Crippen LogP contribution in [0.15, 0.2) is 77.7 Å². The molecule has 35 heavy (non-hydrogen) atoms. The summed E-state index contributed by atoms with van der Waals surface area (Å²) in [6, 6.07) is 19.3. The number of carbonyl (C=O) groups is 1. The number of hydrogen-bond acceptors (Lipinski definition) is 5. The Hall–Kier alpha value is -3.07. The quantitative estimate of drug-likeness (QED) is 0.391. The van der Waals surface area contributed by atoms with Gasteiger partial charge in [0.05, 0.1) is 29.7 Å². The molecule has 0 bridgehead atoms. The molecule has 3 aromatic carbocycles. The summed E-state index contributed by atoms with van der Waals surface area (Å²) in [5.41, 5.74) is 1.68. The standard InChI is InChI=1S/C26H29ClN2O5S/c1-4-34-25-15-14-22(17-23(25)27)35(31,32)29-24(16-19-8-6-5-7-9-19)26(30)28-18(2)20-10-12-21(33-3)13-11-20/h5-15,17-18,24,29H,4,16H2,1-3H3,(H,28,30)/t18-,24-/m1/s1. The first-order valence-electron chi connectivity index (χ1n) is 11.2. The van der Waals surface area contributed by atoms with Crippen LogP contribution in [0.3, 0.4) is 0 Å². The van der Waals surface area contributed by atoms with Crippen LogP contribution in [-0.2, 0) is 21.2 Å². The molecule has 0 spiro atoms. The zero-order valence-electron chi connectivity index (χ0n) is 19.8. The Labute approximate surface area is 211 Å². The lowest BCUT2D eigenvalue weighted by Gasteiger charge is -2.22. The molecule has 0 fully saturated rings. The third-order valence-corrected chi connectivity index (χ3v) is 7.15. The molecule has 0 radical (unpaired) electrons. The number of hydrogen-bond donors (Lipinski definition) is 2. The minimum Gasteiger partial charge on any atom is -0.497 e. The first-order valence-corrected chi connectivity index (χ1v) is 13.0. The van der Waals surface area contributed by atoms with Gasteiger partial charge in [0, 0.05) is 0 Å². The molecule has 186 valence electrons. The summed E-state index contributed by atoms with van der Waals surface area (Å²) in [7, 11) is -2.47. The molecule has 0 saturated heterocycles. The average Bonchev–Trinajstić information content (AvgIpc) is 2.85. The summed E-state index contributed by atoms with van der Waals surface area (Å²) in [5, 5.41) is 3.09. The van der Waals surface area contributed by atoms with E-state index in [9.17, 15) is 13.2 Å². The summed E-state index contributed by atoms with van der Waals surface area (Å²) in [6.07, 6.45) is 0.173. The summed E-state index contributed by atoms with van der Waals surface area (Å²) in [6.45, 7) is 4.04. The van der Waals surface area contributed by atoms with E-state index >= 15 is 0 Å². The Bertz CT molecular complexity index is 1230. The average molecular weight is 517 g/mol. The van der Waals surface area contributed by atoms with Crippen LogP contribution in [0.1, 0.15) is 31.0 Å². The minimum atomic E-state index is -4.06. The van der Waals surface area contributed by atoms with Gasteiger partial charge in [0.2, 0.25) is 15.9 Å². The van der Waals surface area contributed by atoms with Crippen LogP contribution in [0.25, 0.3) is 0 Å². The summed E-state index contributed by atoms with van der Waals surface area (Å²) in [4.78, 5) is 13.2. The second-order valence-corrected chi connectivity index (χ2v) is 10.0. The van der Waals surface area contributed by atoms with Gasteiger partial charge in [-0.15, -0.1) is 0 Å². The highest BCUT2D eigenvalue weighted by Gasteiger charge is 2.28. The fourth-order valence-corrected chi connectivity index (χ4v) is 5.03. The Morgan fingerprint density at radius 3 is 2.31 bits per heavy atom. The van der Waals surface area contributed by atoms with Crippen LogP contribution in [-0.4, -0.2) is 34.1 Å². The van der Waals surface area contributed by atoms with Crippen molar-refractivity contribution in [1.82, 2.24) is 10.0 Å². The van der Waals surface area contributed by atoms with E-state index < -0.39 is 22.0 Å². The number of halogens is 1. The van der Waals surface area contributed by atoms with Crippen LogP contribution in [0.4, 0.5) is 0 Å². The van der Waals surface area contributed by atoms with Crippen LogP contribution in [0, 0.1) is 0 Å². The van der Waals surface area contributed by atoms with E-state index in [4.69, 9.17) is 21.1 Å². The topological polar surface area (TPSA) is 93.7 Å². The second kappa shape index (κ2) is 12.1. The van der Waals surface area contributed by atoms with Gasteiger partial charge in [-0.2, -0.15) is 4.72 Å². The van der Waals surface area contributed by atoms with Crippen molar-refractivity contribution in [3.8, 4) is 11.5 Å². The first kappa shape index (κ1) is 26.5. The SMILES string of the molecule is CCOc1ccc(S(=O)(=O)N[C@H](Cc2ccccc2)C(=O)N[C@H](C)c2ccc(OC)cc2)cc1Cl. The van der Waals surface area contributed by atoms with Crippen molar-refractivity contribution >= 4 is 27.5 Å². The second-order valence-electron chi connectivity index (χ2n) is 7.89. The number of nitrogens with one attached hydrogen (secondary N) is 2. The Balaban J connectivity index is 1.83. The van der Waals surface area contributed by atoms with E-state index in [0.717, 1.165) is 11.1 Å². The van der Waals surface area contributed by atoms with Crippen molar-refractivity contribution in [2.24, 2.45) is 0 Å². The predicted molar refractivity (Wildman–Crippen MR) is 136 cm³/mol. The number of amides is 1. The zero-order chi connectivity index (χ0) is 25.4. The van der Waals surface area contributed by atoms with Gasteiger partial charge in [0.15, 0.2) is 0 Å². The van der Waals surface area contributed by atoms with Gasteiger partial charge in [0.1, 0.15) is 17.5 Å². The predicted octanol–water partition coefficient (Wildman–Crippen LogP) is 4.51. The normalized spacial score (nSPS) is 13.0. The maximum absolute atomic E-state index is 13.3. The fourth-order valence-electron chi connectivity index (χ4n) is 3.50. The molecular weight excluding hydrogens is 488 g/mol. The van der Waals surface area contributed by atoms with Crippen LogP contribution in [0.5, 0.6) is 11.5 Å². The molecule has 1 amide bonds. The van der Waals surface area contributed by atoms with Crippen LogP contribution in [0.2, 0.25) is 5.02 Å². The molecule has 0 aliphatic heterocycles. The molecule has 0 aromatic heterocycles. The van der Waals surface area contributed by atoms with E-state index in [-0.39, 0.29) is 22.4 Å². The van der Waals surface area contributed by atoms with Crippen molar-refractivity contribution < 1.29 is 22.7 Å². The highest BCUT2D eigenvalue weighted by atomic mass is 35.5. The van der Waals surface area contributed by atoms with Gasteiger partial charge in [-0.3, -0.25) is 4.79 Å². The molecule has 0 heterocycles. The van der Waals surface area contributed by atoms with E-state index in [2.05, 4.69) is 10.0 Å². The number of methoxy groups -OCH3 is 1. The number of ether oxygens (including phenoxy) is 2. The highest BCUT2D eigenvalue weighted by Crippen LogP contribution is 2.27. The third-order valence-electron chi connectivity index (χ3n) is 5.38. The van der Waals surface area contributed by atoms with E-state index in [1.54, 1.807) is 19.2 Å². The summed E-state index contributed by atoms with van der Waals surface area (Å²) < 4.78 is 39.5. The molecule has 0 aliphatic rings. The lowest BCUT2D eigenvalue weighted by atomic mass is 10.0. The van der Waals surface area contributed by atoms with Gasteiger partial charge in [0.25, 0.3) is 0 Å². The molecule has 0 aliphatic carbocycles. The van der Waals surface area contributed by atoms with Crippen LogP contribution >= 0.6 is 11.6 Å². The zero-order valence-corrected chi connectivity index (χ0v) is 21.4. The van der Waals surface area contributed by atoms with Crippen molar-refractivity contribution in [3.63, 3.8) is 0 Å². The van der Waals surface area contributed by atoms with Crippen molar-refractivity contribution in [1.29, 1.82) is 0 Å². The molecule has 9 heteroatoms. The van der Waals surface area contributed by atoms with Gasteiger partial charge >= 0.3 is 0 Å². The van der Waals surface area contributed by atoms with E-state index in [1.807, 2.05) is 56.3 Å². The maximum Gasteiger partial charge on any atom is 0.241 e. The molecule has 7 nitrogen and oxygen atoms in total. The minimum absolute atomic E-state index is 0.0555. The monoisotopic (exact) mass is 516 g/mol. The Morgan fingerprint density at radius 2 is 1.71 bits per heavy atom. The molecule has 2 atom stereocenters. The van der Waals surface area contributed by atoms with E-state index in [1.165, 1.54) is 18.2 Å². The smallest absolute Gasteiger partial charge is 0.241 e. The summed E-state index contributed by atoms with van der Waals surface area (Å²) in [5.74, 6) is 0.647. The Kier molecular flexibility index (Phi) is 9.14.